The minimum atomic E-state index is -3.36. The Labute approximate surface area is 133 Å². The lowest BCUT2D eigenvalue weighted by molar-refractivity contribution is 0.0178. The van der Waals surface area contributed by atoms with Gasteiger partial charge >= 0.3 is 0 Å². The second kappa shape index (κ2) is 8.11. The van der Waals surface area contributed by atoms with E-state index in [0.29, 0.717) is 38.7 Å². The number of rotatable bonds is 6. The van der Waals surface area contributed by atoms with Crippen molar-refractivity contribution >= 4 is 21.8 Å². The lowest BCUT2D eigenvalue weighted by Gasteiger charge is -2.38. The van der Waals surface area contributed by atoms with Gasteiger partial charge in [-0.05, 0) is 38.0 Å². The highest BCUT2D eigenvalue weighted by Gasteiger charge is 2.36. The van der Waals surface area contributed by atoms with Crippen LogP contribution >= 0.6 is 11.6 Å². The summed E-state index contributed by atoms with van der Waals surface area (Å²) in [6.07, 6.45) is 4.77. The highest BCUT2D eigenvalue weighted by atomic mass is 35.5. The molecule has 124 valence electrons. The van der Waals surface area contributed by atoms with Crippen molar-refractivity contribution in [3.63, 3.8) is 0 Å². The molecule has 0 radical (unpaired) electrons. The molecule has 2 fully saturated rings. The zero-order valence-corrected chi connectivity index (χ0v) is 14.4. The first-order chi connectivity index (χ1) is 10.1. The van der Waals surface area contributed by atoms with Gasteiger partial charge in [0.2, 0.25) is 0 Å². The predicted molar refractivity (Wildman–Crippen MR) is 84.8 cm³/mol. The molecule has 2 saturated heterocycles. The Morgan fingerprint density at radius 1 is 1.14 bits per heavy atom. The van der Waals surface area contributed by atoms with Crippen LogP contribution in [0.2, 0.25) is 0 Å². The number of piperidine rings is 2. The van der Waals surface area contributed by atoms with Crippen molar-refractivity contribution in [2.45, 2.75) is 45.1 Å². The third-order valence-electron chi connectivity index (χ3n) is 4.25. The van der Waals surface area contributed by atoms with E-state index >= 15 is 0 Å². The molecule has 2 aliphatic heterocycles. The Morgan fingerprint density at radius 3 is 2.48 bits per heavy atom. The van der Waals surface area contributed by atoms with Crippen molar-refractivity contribution in [2.75, 3.05) is 38.7 Å². The fourth-order valence-electron chi connectivity index (χ4n) is 3.06. The number of halogens is 1. The van der Waals surface area contributed by atoms with Crippen LogP contribution in [0.3, 0.4) is 0 Å². The predicted octanol–water partition coefficient (Wildman–Crippen LogP) is 2.07. The Hall–Kier alpha value is 0.120. The molecule has 0 aromatic heterocycles. The van der Waals surface area contributed by atoms with E-state index in [4.69, 9.17) is 16.3 Å². The number of hydrogen-bond donors (Lipinski definition) is 0. The number of alkyl halides is 1. The van der Waals surface area contributed by atoms with Crippen molar-refractivity contribution in [2.24, 2.45) is 5.92 Å². The highest BCUT2D eigenvalue weighted by Crippen LogP contribution is 2.24. The van der Waals surface area contributed by atoms with Crippen molar-refractivity contribution in [3.8, 4) is 0 Å². The van der Waals surface area contributed by atoms with Gasteiger partial charge in [-0.15, -0.1) is 11.6 Å². The van der Waals surface area contributed by atoms with Gasteiger partial charge in [-0.1, -0.05) is 6.92 Å². The molecular formula is C14H27ClN2O3S. The van der Waals surface area contributed by atoms with Crippen LogP contribution in [0.25, 0.3) is 0 Å². The van der Waals surface area contributed by atoms with Gasteiger partial charge in [-0.3, -0.25) is 0 Å². The van der Waals surface area contributed by atoms with Crippen LogP contribution in [0.4, 0.5) is 0 Å². The maximum Gasteiger partial charge on any atom is 0.282 e. The largest absolute Gasteiger partial charge is 0.377 e. The summed E-state index contributed by atoms with van der Waals surface area (Å²) in [4.78, 5) is 0. The standard InChI is InChI=1S/C14H27ClN2O3S/c1-2-9-20-14-6-4-8-17(12-14)21(18,19)16-7-3-5-13(10-15)11-16/h13-14H,2-12H2,1H3. The maximum absolute atomic E-state index is 12.8. The molecule has 0 bridgehead atoms. The monoisotopic (exact) mass is 338 g/mol. The average Bonchev–Trinajstić information content (AvgIpc) is 2.53. The lowest BCUT2D eigenvalue weighted by atomic mass is 10.0. The van der Waals surface area contributed by atoms with Crippen molar-refractivity contribution in [1.82, 2.24) is 8.61 Å². The average molecular weight is 339 g/mol. The summed E-state index contributed by atoms with van der Waals surface area (Å²) in [6.45, 7) is 5.05. The van der Waals surface area contributed by atoms with E-state index in [2.05, 4.69) is 6.92 Å². The number of ether oxygens (including phenoxy) is 1. The van der Waals surface area contributed by atoms with Crippen LogP contribution in [-0.2, 0) is 14.9 Å². The fraction of sp³-hybridized carbons (Fsp3) is 1.00. The molecule has 21 heavy (non-hydrogen) atoms. The van der Waals surface area contributed by atoms with E-state index < -0.39 is 10.2 Å². The normalized spacial score (nSPS) is 29.6. The van der Waals surface area contributed by atoms with Crippen molar-refractivity contribution in [3.05, 3.63) is 0 Å². The zero-order chi connectivity index (χ0) is 15.3. The lowest BCUT2D eigenvalue weighted by Crippen LogP contribution is -2.52. The smallest absolute Gasteiger partial charge is 0.282 e. The van der Waals surface area contributed by atoms with Gasteiger partial charge in [0, 0.05) is 38.7 Å². The minimum Gasteiger partial charge on any atom is -0.377 e. The van der Waals surface area contributed by atoms with Gasteiger partial charge in [0.25, 0.3) is 10.2 Å². The molecule has 0 N–H and O–H groups in total. The molecule has 2 atom stereocenters. The molecule has 0 amide bonds. The van der Waals surface area contributed by atoms with Gasteiger partial charge in [-0.2, -0.15) is 17.0 Å². The van der Waals surface area contributed by atoms with Gasteiger partial charge in [0.05, 0.1) is 6.10 Å². The maximum atomic E-state index is 12.8. The number of hydrogen-bond acceptors (Lipinski definition) is 3. The molecule has 2 heterocycles. The van der Waals surface area contributed by atoms with Crippen molar-refractivity contribution in [1.29, 1.82) is 0 Å². The summed E-state index contributed by atoms with van der Waals surface area (Å²) in [6, 6.07) is 0. The van der Waals surface area contributed by atoms with Crippen LogP contribution in [0.1, 0.15) is 39.0 Å². The minimum absolute atomic E-state index is 0.0436. The van der Waals surface area contributed by atoms with E-state index in [1.54, 1.807) is 8.61 Å². The van der Waals surface area contributed by atoms with E-state index in [9.17, 15) is 8.42 Å². The SMILES string of the molecule is CCCOC1CCCN(S(=O)(=O)N2CCCC(CCl)C2)C1. The first-order valence-corrected chi connectivity index (χ1v) is 9.93. The number of nitrogens with zero attached hydrogens (tertiary/aromatic N) is 2. The molecule has 5 nitrogen and oxygen atoms in total. The molecule has 2 unspecified atom stereocenters. The molecule has 0 aromatic carbocycles. The second-order valence-corrected chi connectivity index (χ2v) is 8.26. The van der Waals surface area contributed by atoms with E-state index in [1.165, 1.54) is 0 Å². The summed E-state index contributed by atoms with van der Waals surface area (Å²) in [7, 11) is -3.36. The van der Waals surface area contributed by atoms with Crippen LogP contribution < -0.4 is 0 Å². The summed E-state index contributed by atoms with van der Waals surface area (Å²) in [5, 5.41) is 0. The van der Waals surface area contributed by atoms with Gasteiger partial charge < -0.3 is 4.74 Å². The second-order valence-electron chi connectivity index (χ2n) is 6.02. The third-order valence-corrected chi connectivity index (χ3v) is 6.66. The quantitative estimate of drug-likeness (QED) is 0.697. The zero-order valence-electron chi connectivity index (χ0n) is 12.8. The molecule has 2 aliphatic rings. The Morgan fingerprint density at radius 2 is 1.81 bits per heavy atom. The van der Waals surface area contributed by atoms with Gasteiger partial charge in [0.1, 0.15) is 0 Å². The molecule has 0 spiro atoms. The first kappa shape index (κ1) is 17.5. The van der Waals surface area contributed by atoms with E-state index in [1.807, 2.05) is 0 Å². The van der Waals surface area contributed by atoms with Gasteiger partial charge in [0.15, 0.2) is 0 Å². The summed E-state index contributed by atoms with van der Waals surface area (Å²) >= 11 is 5.91. The third kappa shape index (κ3) is 4.55. The van der Waals surface area contributed by atoms with Gasteiger partial charge in [-0.25, -0.2) is 0 Å². The van der Waals surface area contributed by atoms with Crippen molar-refractivity contribution < 1.29 is 13.2 Å². The first-order valence-electron chi connectivity index (χ1n) is 8.00. The Bertz CT molecular complexity index is 418. The summed E-state index contributed by atoms with van der Waals surface area (Å²) in [5.74, 6) is 0.820. The molecule has 0 aliphatic carbocycles. The molecule has 0 aromatic rings. The highest BCUT2D eigenvalue weighted by molar-refractivity contribution is 7.86. The molecule has 7 heteroatoms. The molecule has 2 rings (SSSR count). The summed E-state index contributed by atoms with van der Waals surface area (Å²) in [5.41, 5.74) is 0. The Balaban J connectivity index is 1.97. The summed E-state index contributed by atoms with van der Waals surface area (Å²) < 4.78 is 34.5. The van der Waals surface area contributed by atoms with Crippen LogP contribution in [-0.4, -0.2) is 61.8 Å². The topological polar surface area (TPSA) is 49.9 Å². The van der Waals surface area contributed by atoms with E-state index in [0.717, 1.165) is 32.1 Å². The van der Waals surface area contributed by atoms with Crippen LogP contribution in [0, 0.1) is 5.92 Å². The Kier molecular flexibility index (Phi) is 6.75. The molecular weight excluding hydrogens is 312 g/mol. The fourth-order valence-corrected chi connectivity index (χ4v) is 5.11. The van der Waals surface area contributed by atoms with E-state index in [-0.39, 0.29) is 12.0 Å². The van der Waals surface area contributed by atoms with Crippen LogP contribution in [0.5, 0.6) is 0 Å². The van der Waals surface area contributed by atoms with Crippen LogP contribution in [0.15, 0.2) is 0 Å². The molecule has 0 saturated carbocycles.